The molecule has 1 aliphatic rings. The number of hydrogen-bond donors (Lipinski definition) is 1. The Morgan fingerprint density at radius 3 is 2.57 bits per heavy atom. The Morgan fingerprint density at radius 2 is 1.90 bits per heavy atom. The van der Waals surface area contributed by atoms with Crippen molar-refractivity contribution >= 4 is 0 Å². The molecule has 1 aromatic heterocycles. The molecule has 0 spiro atoms. The summed E-state index contributed by atoms with van der Waals surface area (Å²) < 4.78 is 0. The Balaban J connectivity index is 2.02. The van der Waals surface area contributed by atoms with Gasteiger partial charge in [0, 0.05) is 32.4 Å². The number of benzene rings is 1. The molecule has 1 fully saturated rings. The van der Waals surface area contributed by atoms with Gasteiger partial charge in [0.05, 0.1) is 11.7 Å². The van der Waals surface area contributed by atoms with Crippen molar-refractivity contribution < 1.29 is 0 Å². The quantitative estimate of drug-likeness (QED) is 0.937. The molecule has 0 radical (unpaired) electrons. The van der Waals surface area contributed by atoms with Crippen LogP contribution in [0.4, 0.5) is 0 Å². The zero-order chi connectivity index (χ0) is 14.7. The van der Waals surface area contributed by atoms with E-state index in [1.807, 2.05) is 12.3 Å². The first kappa shape index (κ1) is 14.2. The summed E-state index contributed by atoms with van der Waals surface area (Å²) in [6, 6.07) is 13.2. The number of aromatic nitrogens is 1. The maximum atomic E-state index is 4.63. The second-order valence-corrected chi connectivity index (χ2v) is 5.80. The molecular weight excluding hydrogens is 258 g/mol. The summed E-state index contributed by atoms with van der Waals surface area (Å²) in [6.07, 6.45) is 1.90. The second-order valence-electron chi connectivity index (χ2n) is 5.80. The molecule has 2 aromatic rings. The SMILES string of the molecule is Cc1ccc(C(c2ccccn2)N2CCNCC2)c(C)c1. The molecule has 1 aromatic carbocycles. The Kier molecular flexibility index (Phi) is 4.32. The van der Waals surface area contributed by atoms with Crippen LogP contribution < -0.4 is 5.32 Å². The van der Waals surface area contributed by atoms with E-state index in [9.17, 15) is 0 Å². The minimum atomic E-state index is 0.258. The molecule has 1 saturated heterocycles. The van der Waals surface area contributed by atoms with Crippen LogP contribution in [0.3, 0.4) is 0 Å². The maximum absolute atomic E-state index is 4.63. The highest BCUT2D eigenvalue weighted by Crippen LogP contribution is 2.30. The van der Waals surface area contributed by atoms with E-state index in [-0.39, 0.29) is 6.04 Å². The van der Waals surface area contributed by atoms with Crippen LogP contribution in [0.25, 0.3) is 0 Å². The Bertz CT molecular complexity index is 589. The van der Waals surface area contributed by atoms with Crippen LogP contribution in [0.15, 0.2) is 42.6 Å². The van der Waals surface area contributed by atoms with E-state index < -0.39 is 0 Å². The summed E-state index contributed by atoms with van der Waals surface area (Å²) in [5.74, 6) is 0. The molecule has 1 unspecified atom stereocenters. The minimum Gasteiger partial charge on any atom is -0.314 e. The molecule has 110 valence electrons. The largest absolute Gasteiger partial charge is 0.314 e. The van der Waals surface area contributed by atoms with Crippen LogP contribution in [0.1, 0.15) is 28.4 Å². The summed E-state index contributed by atoms with van der Waals surface area (Å²) in [5, 5.41) is 3.43. The van der Waals surface area contributed by atoms with Gasteiger partial charge in [0.15, 0.2) is 0 Å². The molecule has 3 rings (SSSR count). The van der Waals surface area contributed by atoms with Gasteiger partial charge in [0.1, 0.15) is 0 Å². The van der Waals surface area contributed by atoms with Crippen molar-refractivity contribution in [3.8, 4) is 0 Å². The van der Waals surface area contributed by atoms with Gasteiger partial charge in [-0.05, 0) is 37.1 Å². The monoisotopic (exact) mass is 281 g/mol. The fourth-order valence-corrected chi connectivity index (χ4v) is 3.15. The van der Waals surface area contributed by atoms with E-state index in [2.05, 4.69) is 59.4 Å². The van der Waals surface area contributed by atoms with Gasteiger partial charge in [-0.1, -0.05) is 29.8 Å². The number of pyridine rings is 1. The van der Waals surface area contributed by atoms with Gasteiger partial charge in [-0.2, -0.15) is 0 Å². The highest BCUT2D eigenvalue weighted by Gasteiger charge is 2.25. The van der Waals surface area contributed by atoms with E-state index in [0.29, 0.717) is 0 Å². The summed E-state index contributed by atoms with van der Waals surface area (Å²) in [7, 11) is 0. The third kappa shape index (κ3) is 3.14. The van der Waals surface area contributed by atoms with Crippen molar-refractivity contribution in [2.75, 3.05) is 26.2 Å². The van der Waals surface area contributed by atoms with Gasteiger partial charge >= 0.3 is 0 Å². The molecule has 21 heavy (non-hydrogen) atoms. The molecule has 1 atom stereocenters. The summed E-state index contributed by atoms with van der Waals surface area (Å²) in [6.45, 7) is 8.59. The first-order valence-electron chi connectivity index (χ1n) is 7.68. The molecule has 1 N–H and O–H groups in total. The molecule has 0 saturated carbocycles. The number of nitrogens with zero attached hydrogens (tertiary/aromatic N) is 2. The van der Waals surface area contributed by atoms with Gasteiger partial charge < -0.3 is 5.32 Å². The zero-order valence-electron chi connectivity index (χ0n) is 12.8. The third-order valence-corrected chi connectivity index (χ3v) is 4.20. The standard InChI is InChI=1S/C18H23N3/c1-14-6-7-16(15(2)13-14)18(17-5-3-4-8-20-17)21-11-9-19-10-12-21/h3-8,13,18-19H,9-12H2,1-2H3. The van der Waals surface area contributed by atoms with Gasteiger partial charge in [0.25, 0.3) is 0 Å². The number of rotatable bonds is 3. The second kappa shape index (κ2) is 6.37. The fourth-order valence-electron chi connectivity index (χ4n) is 3.15. The zero-order valence-corrected chi connectivity index (χ0v) is 12.8. The molecule has 2 heterocycles. The maximum Gasteiger partial charge on any atom is 0.0779 e. The summed E-state index contributed by atoms with van der Waals surface area (Å²) >= 11 is 0. The van der Waals surface area contributed by atoms with E-state index in [4.69, 9.17) is 0 Å². The van der Waals surface area contributed by atoms with Gasteiger partial charge in [-0.25, -0.2) is 0 Å². The predicted octanol–water partition coefficient (Wildman–Crippen LogP) is 2.69. The molecule has 0 bridgehead atoms. The molecule has 3 nitrogen and oxygen atoms in total. The van der Waals surface area contributed by atoms with Crippen LogP contribution in [0.5, 0.6) is 0 Å². The van der Waals surface area contributed by atoms with Crippen LogP contribution in [-0.2, 0) is 0 Å². The van der Waals surface area contributed by atoms with Gasteiger partial charge in [-0.3, -0.25) is 9.88 Å². The highest BCUT2D eigenvalue weighted by atomic mass is 15.2. The smallest absolute Gasteiger partial charge is 0.0779 e. The summed E-state index contributed by atoms with van der Waals surface area (Å²) in [5.41, 5.74) is 5.19. The predicted molar refractivity (Wildman–Crippen MR) is 86.4 cm³/mol. The topological polar surface area (TPSA) is 28.2 Å². The lowest BCUT2D eigenvalue weighted by molar-refractivity contribution is 0.195. The first-order valence-corrected chi connectivity index (χ1v) is 7.68. The Morgan fingerprint density at radius 1 is 1.10 bits per heavy atom. The Labute approximate surface area is 127 Å². The highest BCUT2D eigenvalue weighted by molar-refractivity contribution is 5.37. The third-order valence-electron chi connectivity index (χ3n) is 4.20. The van der Waals surface area contributed by atoms with Crippen LogP contribution in [0.2, 0.25) is 0 Å². The van der Waals surface area contributed by atoms with Gasteiger partial charge in [0.2, 0.25) is 0 Å². The lowest BCUT2D eigenvalue weighted by atomic mass is 9.95. The average molecular weight is 281 g/mol. The van der Waals surface area contributed by atoms with Crippen molar-refractivity contribution in [1.82, 2.24) is 15.2 Å². The van der Waals surface area contributed by atoms with Crippen molar-refractivity contribution in [2.45, 2.75) is 19.9 Å². The van der Waals surface area contributed by atoms with Crippen LogP contribution >= 0.6 is 0 Å². The lowest BCUT2D eigenvalue weighted by Gasteiger charge is -2.35. The average Bonchev–Trinajstić information content (AvgIpc) is 2.52. The number of hydrogen-bond acceptors (Lipinski definition) is 3. The normalized spacial score (nSPS) is 17.6. The fraction of sp³-hybridized carbons (Fsp3) is 0.389. The minimum absolute atomic E-state index is 0.258. The van der Waals surface area contributed by atoms with E-state index >= 15 is 0 Å². The summed E-state index contributed by atoms with van der Waals surface area (Å²) in [4.78, 5) is 7.17. The number of piperazine rings is 1. The molecule has 1 aliphatic heterocycles. The number of nitrogens with one attached hydrogen (secondary N) is 1. The molecule has 0 aliphatic carbocycles. The van der Waals surface area contributed by atoms with Crippen LogP contribution in [-0.4, -0.2) is 36.1 Å². The van der Waals surface area contributed by atoms with Gasteiger partial charge in [-0.15, -0.1) is 0 Å². The molecule has 0 amide bonds. The molecular formula is C18H23N3. The molecule has 3 heteroatoms. The van der Waals surface area contributed by atoms with Crippen molar-refractivity contribution in [2.24, 2.45) is 0 Å². The van der Waals surface area contributed by atoms with Crippen LogP contribution in [0, 0.1) is 13.8 Å². The van der Waals surface area contributed by atoms with Crippen molar-refractivity contribution in [3.05, 3.63) is 65.0 Å². The number of aryl methyl sites for hydroxylation is 2. The van der Waals surface area contributed by atoms with E-state index in [1.165, 1.54) is 16.7 Å². The first-order chi connectivity index (χ1) is 10.3. The van der Waals surface area contributed by atoms with Crippen molar-refractivity contribution in [1.29, 1.82) is 0 Å². The van der Waals surface area contributed by atoms with Crippen molar-refractivity contribution in [3.63, 3.8) is 0 Å². The van der Waals surface area contributed by atoms with E-state index in [0.717, 1.165) is 31.9 Å². The van der Waals surface area contributed by atoms with E-state index in [1.54, 1.807) is 0 Å². The lowest BCUT2D eigenvalue weighted by Crippen LogP contribution is -2.45. The Hall–Kier alpha value is -1.71.